The molecule has 0 aliphatic carbocycles. The predicted octanol–water partition coefficient (Wildman–Crippen LogP) is 0.945. The Kier molecular flexibility index (Phi) is 3.27. The van der Waals surface area contributed by atoms with Gasteiger partial charge in [0.15, 0.2) is 0 Å². The van der Waals surface area contributed by atoms with Gasteiger partial charge in [-0.3, -0.25) is 0 Å². The molecule has 0 amide bonds. The first-order valence-corrected chi connectivity index (χ1v) is 4.89. The molecule has 1 aliphatic rings. The zero-order valence-electron chi connectivity index (χ0n) is 8.09. The summed E-state index contributed by atoms with van der Waals surface area (Å²) in [7, 11) is 0. The molecule has 1 aliphatic heterocycles. The van der Waals surface area contributed by atoms with Crippen molar-refractivity contribution in [3.05, 3.63) is 11.8 Å². The highest BCUT2D eigenvalue weighted by molar-refractivity contribution is 7.80. The van der Waals surface area contributed by atoms with Gasteiger partial charge >= 0.3 is 0 Å². The van der Waals surface area contributed by atoms with Gasteiger partial charge in [0.05, 0.1) is 11.6 Å². The van der Waals surface area contributed by atoms with Gasteiger partial charge in [0.25, 0.3) is 0 Å². The number of hydrogen-bond acceptors (Lipinski definition) is 3. The topological polar surface area (TPSA) is 47.3 Å². The van der Waals surface area contributed by atoms with Crippen LogP contribution in [0.3, 0.4) is 0 Å². The van der Waals surface area contributed by atoms with Crippen molar-refractivity contribution in [1.29, 1.82) is 0 Å². The molecule has 4 heteroatoms. The van der Waals surface area contributed by atoms with Crippen molar-refractivity contribution >= 4 is 17.2 Å². The molecule has 1 unspecified atom stereocenters. The standard InChI is InChI=1S/C9H16N2OS/c1-3-9(2)7(6-8(10)13)11-4-5-12-9/h6,11H,3-5H2,1-2H3,(H2,10,13)/b7-6-. The molecule has 0 aromatic heterocycles. The van der Waals surface area contributed by atoms with Crippen LogP contribution < -0.4 is 11.1 Å². The lowest BCUT2D eigenvalue weighted by atomic mass is 9.96. The number of hydrogen-bond donors (Lipinski definition) is 2. The summed E-state index contributed by atoms with van der Waals surface area (Å²) < 4.78 is 5.68. The largest absolute Gasteiger partial charge is 0.390 e. The van der Waals surface area contributed by atoms with Gasteiger partial charge in [-0.05, 0) is 19.4 Å². The van der Waals surface area contributed by atoms with E-state index in [4.69, 9.17) is 22.7 Å². The average molecular weight is 200 g/mol. The maximum Gasteiger partial charge on any atom is 0.105 e. The summed E-state index contributed by atoms with van der Waals surface area (Å²) >= 11 is 4.83. The second kappa shape index (κ2) is 4.07. The van der Waals surface area contributed by atoms with Crippen LogP contribution in [0.25, 0.3) is 0 Å². The zero-order valence-corrected chi connectivity index (χ0v) is 8.91. The average Bonchev–Trinajstić information content (AvgIpc) is 2.09. The Bertz CT molecular complexity index is 240. The number of nitrogens with two attached hydrogens (primary N) is 1. The van der Waals surface area contributed by atoms with Crippen LogP contribution in [0.5, 0.6) is 0 Å². The molecule has 1 rings (SSSR count). The molecule has 3 nitrogen and oxygen atoms in total. The van der Waals surface area contributed by atoms with E-state index in [1.165, 1.54) is 0 Å². The minimum atomic E-state index is -0.248. The normalized spacial score (nSPS) is 31.4. The molecule has 13 heavy (non-hydrogen) atoms. The molecule has 0 aromatic carbocycles. The summed E-state index contributed by atoms with van der Waals surface area (Å²) in [5.74, 6) is 0. The summed E-state index contributed by atoms with van der Waals surface area (Å²) in [6.45, 7) is 5.69. The third-order valence-corrected chi connectivity index (χ3v) is 2.49. The molecular weight excluding hydrogens is 184 g/mol. The Hall–Kier alpha value is -0.610. The second-order valence-corrected chi connectivity index (χ2v) is 3.79. The highest BCUT2D eigenvalue weighted by atomic mass is 32.1. The maximum absolute atomic E-state index is 5.68. The van der Waals surface area contributed by atoms with Crippen molar-refractivity contribution in [2.75, 3.05) is 13.2 Å². The molecule has 74 valence electrons. The number of nitrogens with one attached hydrogen (secondary N) is 1. The van der Waals surface area contributed by atoms with Gasteiger partial charge < -0.3 is 15.8 Å². The van der Waals surface area contributed by atoms with Crippen LogP contribution >= 0.6 is 12.2 Å². The molecule has 0 aromatic rings. The Balaban J connectivity index is 2.85. The van der Waals surface area contributed by atoms with E-state index in [1.807, 2.05) is 6.92 Å². The lowest BCUT2D eigenvalue weighted by Gasteiger charge is -2.36. The van der Waals surface area contributed by atoms with Gasteiger partial charge in [-0.1, -0.05) is 19.1 Å². The van der Waals surface area contributed by atoms with E-state index in [0.29, 0.717) is 4.99 Å². The SMILES string of the molecule is CCC1(C)OCCN/C1=C\C(N)=S. The minimum absolute atomic E-state index is 0.248. The Morgan fingerprint density at radius 1 is 1.85 bits per heavy atom. The molecular formula is C9H16N2OS. The molecule has 1 heterocycles. The number of ether oxygens (including phenoxy) is 1. The van der Waals surface area contributed by atoms with Crippen LogP contribution in [0, 0.1) is 0 Å². The molecule has 1 saturated heterocycles. The van der Waals surface area contributed by atoms with E-state index in [2.05, 4.69) is 12.2 Å². The first-order valence-electron chi connectivity index (χ1n) is 4.48. The van der Waals surface area contributed by atoms with Crippen LogP contribution in [0.1, 0.15) is 20.3 Å². The smallest absolute Gasteiger partial charge is 0.105 e. The van der Waals surface area contributed by atoms with E-state index in [9.17, 15) is 0 Å². The van der Waals surface area contributed by atoms with E-state index >= 15 is 0 Å². The van der Waals surface area contributed by atoms with Crippen LogP contribution in [-0.4, -0.2) is 23.7 Å². The Morgan fingerprint density at radius 2 is 2.54 bits per heavy atom. The lowest BCUT2D eigenvalue weighted by molar-refractivity contribution is -0.0277. The zero-order chi connectivity index (χ0) is 9.90. The molecule has 0 spiro atoms. The summed E-state index contributed by atoms with van der Waals surface area (Å²) in [5.41, 5.74) is 6.20. The molecule has 1 fully saturated rings. The Labute approximate surface area is 84.3 Å². The summed E-state index contributed by atoms with van der Waals surface area (Å²) in [6, 6.07) is 0. The van der Waals surface area contributed by atoms with E-state index in [1.54, 1.807) is 6.08 Å². The van der Waals surface area contributed by atoms with Crippen LogP contribution in [0.4, 0.5) is 0 Å². The van der Waals surface area contributed by atoms with Gasteiger partial charge in [-0.15, -0.1) is 0 Å². The van der Waals surface area contributed by atoms with E-state index < -0.39 is 0 Å². The van der Waals surface area contributed by atoms with Crippen molar-refractivity contribution in [2.24, 2.45) is 5.73 Å². The third-order valence-electron chi connectivity index (χ3n) is 2.37. The number of morpholine rings is 1. The van der Waals surface area contributed by atoms with Crippen molar-refractivity contribution < 1.29 is 4.74 Å². The van der Waals surface area contributed by atoms with E-state index in [0.717, 1.165) is 25.3 Å². The fraction of sp³-hybridized carbons (Fsp3) is 0.667. The second-order valence-electron chi connectivity index (χ2n) is 3.32. The number of thiocarbonyl (C=S) groups is 1. The monoisotopic (exact) mass is 200 g/mol. The molecule has 0 bridgehead atoms. The van der Waals surface area contributed by atoms with Crippen LogP contribution in [-0.2, 0) is 4.74 Å². The third kappa shape index (κ3) is 2.42. The fourth-order valence-electron chi connectivity index (χ4n) is 1.37. The van der Waals surface area contributed by atoms with Gasteiger partial charge in [-0.25, -0.2) is 0 Å². The van der Waals surface area contributed by atoms with Gasteiger partial charge in [-0.2, -0.15) is 0 Å². The highest BCUT2D eigenvalue weighted by Gasteiger charge is 2.30. The van der Waals surface area contributed by atoms with Gasteiger partial charge in [0, 0.05) is 12.2 Å². The number of rotatable bonds is 2. The van der Waals surface area contributed by atoms with Crippen LogP contribution in [0.2, 0.25) is 0 Å². The quantitative estimate of drug-likeness (QED) is 0.514. The minimum Gasteiger partial charge on any atom is -0.390 e. The van der Waals surface area contributed by atoms with Crippen molar-refractivity contribution in [1.82, 2.24) is 5.32 Å². The molecule has 0 saturated carbocycles. The lowest BCUT2D eigenvalue weighted by Crippen LogP contribution is -2.45. The Morgan fingerprint density at radius 3 is 3.08 bits per heavy atom. The molecule has 0 radical (unpaired) electrons. The maximum atomic E-state index is 5.68. The van der Waals surface area contributed by atoms with Gasteiger partial charge in [0.1, 0.15) is 5.60 Å². The predicted molar refractivity (Wildman–Crippen MR) is 57.5 cm³/mol. The van der Waals surface area contributed by atoms with Crippen molar-refractivity contribution in [3.8, 4) is 0 Å². The molecule has 1 atom stereocenters. The molecule has 3 N–H and O–H groups in total. The van der Waals surface area contributed by atoms with Crippen molar-refractivity contribution in [3.63, 3.8) is 0 Å². The first kappa shape index (κ1) is 10.5. The highest BCUT2D eigenvalue weighted by Crippen LogP contribution is 2.25. The van der Waals surface area contributed by atoms with E-state index in [-0.39, 0.29) is 5.60 Å². The van der Waals surface area contributed by atoms with Gasteiger partial charge in [0.2, 0.25) is 0 Å². The first-order chi connectivity index (χ1) is 6.08. The summed E-state index contributed by atoms with van der Waals surface area (Å²) in [4.78, 5) is 0.396. The van der Waals surface area contributed by atoms with Crippen molar-refractivity contribution in [2.45, 2.75) is 25.9 Å². The van der Waals surface area contributed by atoms with Crippen LogP contribution in [0.15, 0.2) is 11.8 Å². The summed E-state index contributed by atoms with van der Waals surface area (Å²) in [6.07, 6.45) is 2.69. The summed E-state index contributed by atoms with van der Waals surface area (Å²) in [5, 5.41) is 3.26. The fourth-order valence-corrected chi connectivity index (χ4v) is 1.48.